The molecule has 0 N–H and O–H groups in total. The highest BCUT2D eigenvalue weighted by Crippen LogP contribution is 2.47. The molecule has 0 amide bonds. The van der Waals surface area contributed by atoms with Crippen LogP contribution in [-0.4, -0.2) is 22.0 Å². The SMILES string of the molecule is CCCCCCCCCCC(CCCCCCCC)CCOc1c(OCCC(CCCCCCCC)CCCCCCCCCC)c(Br)c2nsnc2c1Br. The minimum atomic E-state index is 0.709. The molecule has 0 aliphatic rings. The number of hydrogen-bond acceptors (Lipinski definition) is 5. The topological polar surface area (TPSA) is 44.2 Å². The van der Waals surface area contributed by atoms with E-state index in [1.54, 1.807) is 0 Å². The van der Waals surface area contributed by atoms with Crippen molar-refractivity contribution in [3.8, 4) is 11.5 Å². The Balaban J connectivity index is 2.01. The Bertz CT molecular complexity index is 1070. The quantitative estimate of drug-likeness (QED) is 0.0625. The van der Waals surface area contributed by atoms with E-state index in [2.05, 4.69) is 68.3 Å². The van der Waals surface area contributed by atoms with Gasteiger partial charge in [0.15, 0.2) is 11.5 Å². The van der Waals surface area contributed by atoms with Gasteiger partial charge in [-0.1, -0.05) is 233 Å². The third-order valence-corrected chi connectivity index (χ3v) is 13.9. The van der Waals surface area contributed by atoms with Crippen molar-refractivity contribution in [3.05, 3.63) is 8.95 Å². The van der Waals surface area contributed by atoms with Crippen molar-refractivity contribution in [1.29, 1.82) is 0 Å². The van der Waals surface area contributed by atoms with Gasteiger partial charge in [0.25, 0.3) is 0 Å². The lowest BCUT2D eigenvalue weighted by Crippen LogP contribution is -2.11. The fourth-order valence-electron chi connectivity index (χ4n) is 8.23. The molecular formula is C48H86Br2N2O2S. The van der Waals surface area contributed by atoms with E-state index >= 15 is 0 Å². The molecule has 0 aliphatic heterocycles. The van der Waals surface area contributed by atoms with E-state index in [1.165, 1.54) is 217 Å². The van der Waals surface area contributed by atoms with Gasteiger partial charge in [-0.15, -0.1) is 0 Å². The summed E-state index contributed by atoms with van der Waals surface area (Å²) in [7, 11) is 0. The van der Waals surface area contributed by atoms with Crippen molar-refractivity contribution in [3.63, 3.8) is 0 Å². The average molecular weight is 915 g/mol. The number of nitrogens with zero attached hydrogens (tertiary/aromatic N) is 2. The number of rotatable bonds is 40. The van der Waals surface area contributed by atoms with Crippen molar-refractivity contribution >= 4 is 54.6 Å². The molecule has 0 saturated carbocycles. The monoisotopic (exact) mass is 912 g/mol. The van der Waals surface area contributed by atoms with Crippen LogP contribution in [0.4, 0.5) is 0 Å². The summed E-state index contributed by atoms with van der Waals surface area (Å²) in [5.41, 5.74) is 1.72. The summed E-state index contributed by atoms with van der Waals surface area (Å²) in [6.07, 6.45) is 46.1. The molecule has 1 heterocycles. The van der Waals surface area contributed by atoms with Crippen LogP contribution in [0.3, 0.4) is 0 Å². The van der Waals surface area contributed by atoms with E-state index < -0.39 is 0 Å². The van der Waals surface area contributed by atoms with Crippen LogP contribution in [0, 0.1) is 11.8 Å². The zero-order valence-electron chi connectivity index (χ0n) is 36.5. The fourth-order valence-corrected chi connectivity index (χ4v) is 10.2. The minimum absolute atomic E-state index is 0.709. The van der Waals surface area contributed by atoms with Crippen LogP contribution in [0.25, 0.3) is 11.0 Å². The molecule has 0 saturated heterocycles. The number of halogens is 2. The Morgan fingerprint density at radius 3 is 0.909 bits per heavy atom. The molecule has 0 spiro atoms. The molecule has 2 aromatic rings. The number of aromatic nitrogens is 2. The van der Waals surface area contributed by atoms with Gasteiger partial charge in [0.1, 0.15) is 11.0 Å². The first-order valence-corrected chi connectivity index (χ1v) is 26.3. The molecule has 55 heavy (non-hydrogen) atoms. The van der Waals surface area contributed by atoms with Gasteiger partial charge in [0, 0.05) is 0 Å². The van der Waals surface area contributed by atoms with Gasteiger partial charge in [0.05, 0.1) is 33.9 Å². The van der Waals surface area contributed by atoms with Crippen molar-refractivity contribution < 1.29 is 9.47 Å². The summed E-state index contributed by atoms with van der Waals surface area (Å²) in [4.78, 5) is 0. The molecule has 320 valence electrons. The molecule has 2 rings (SSSR count). The number of unbranched alkanes of at least 4 members (excludes halogenated alkanes) is 24. The second kappa shape index (κ2) is 35.5. The first kappa shape index (κ1) is 50.7. The predicted octanol–water partition coefficient (Wildman–Crippen LogP) is 18.5. The average Bonchev–Trinajstić information content (AvgIpc) is 3.69. The van der Waals surface area contributed by atoms with Gasteiger partial charge in [-0.2, -0.15) is 8.75 Å². The van der Waals surface area contributed by atoms with Crippen LogP contribution in [0.1, 0.15) is 246 Å². The summed E-state index contributed by atoms with van der Waals surface area (Å²) in [5.74, 6) is 3.05. The van der Waals surface area contributed by atoms with E-state index in [9.17, 15) is 0 Å². The fraction of sp³-hybridized carbons (Fsp3) is 0.875. The van der Waals surface area contributed by atoms with E-state index in [1.807, 2.05) is 0 Å². The molecule has 0 radical (unpaired) electrons. The molecule has 0 aliphatic carbocycles. The van der Waals surface area contributed by atoms with E-state index in [0.717, 1.165) is 56.2 Å². The van der Waals surface area contributed by atoms with Crippen molar-refractivity contribution in [1.82, 2.24) is 8.75 Å². The van der Waals surface area contributed by atoms with Crippen LogP contribution in [0.5, 0.6) is 11.5 Å². The Labute approximate surface area is 362 Å². The molecule has 2 atom stereocenters. The van der Waals surface area contributed by atoms with E-state index in [4.69, 9.17) is 9.47 Å². The molecule has 0 fully saturated rings. The summed E-state index contributed by atoms with van der Waals surface area (Å²) in [6, 6.07) is 0. The Morgan fingerprint density at radius 1 is 0.382 bits per heavy atom. The summed E-state index contributed by atoms with van der Waals surface area (Å²) in [5, 5.41) is 0. The highest BCUT2D eigenvalue weighted by Gasteiger charge is 2.24. The Kier molecular flexibility index (Phi) is 32.8. The lowest BCUT2D eigenvalue weighted by Gasteiger charge is -2.21. The number of fused-ring (bicyclic) bond motifs is 1. The number of ether oxygens (including phenoxy) is 2. The third kappa shape index (κ3) is 23.7. The van der Waals surface area contributed by atoms with Crippen LogP contribution in [-0.2, 0) is 0 Å². The second-order valence-electron chi connectivity index (χ2n) is 16.9. The highest BCUT2D eigenvalue weighted by atomic mass is 79.9. The maximum atomic E-state index is 6.73. The minimum Gasteiger partial charge on any atom is -0.488 e. The smallest absolute Gasteiger partial charge is 0.178 e. The predicted molar refractivity (Wildman–Crippen MR) is 250 cm³/mol. The number of benzene rings is 1. The second-order valence-corrected chi connectivity index (χ2v) is 19.0. The standard InChI is InChI=1S/C48H86Br2N2O2S/c1-5-9-13-17-21-23-27-31-35-41(33-29-25-19-15-11-7-3)37-39-53-47-43(49)45-46(52-55-51-45)44(50)48(47)54-40-38-42(34-30-26-20-16-12-8-4)36-32-28-24-22-18-14-10-6-2/h41-42H,5-40H2,1-4H3. The summed E-state index contributed by atoms with van der Waals surface area (Å²) >= 11 is 9.04. The summed E-state index contributed by atoms with van der Waals surface area (Å²) in [6.45, 7) is 10.6. The number of hydrogen-bond donors (Lipinski definition) is 0. The van der Waals surface area contributed by atoms with Crippen LogP contribution < -0.4 is 9.47 Å². The van der Waals surface area contributed by atoms with Gasteiger partial charge < -0.3 is 9.47 Å². The van der Waals surface area contributed by atoms with E-state index in [0.29, 0.717) is 13.2 Å². The van der Waals surface area contributed by atoms with E-state index in [-0.39, 0.29) is 0 Å². The third-order valence-electron chi connectivity index (χ3n) is 11.9. The van der Waals surface area contributed by atoms with Gasteiger partial charge in [-0.25, -0.2) is 0 Å². The van der Waals surface area contributed by atoms with Crippen molar-refractivity contribution in [2.24, 2.45) is 11.8 Å². The first-order chi connectivity index (χ1) is 27.1. The van der Waals surface area contributed by atoms with Gasteiger partial charge in [-0.05, 0) is 56.5 Å². The zero-order valence-corrected chi connectivity index (χ0v) is 40.5. The lowest BCUT2D eigenvalue weighted by molar-refractivity contribution is 0.224. The van der Waals surface area contributed by atoms with Crippen LogP contribution in [0.2, 0.25) is 0 Å². The maximum Gasteiger partial charge on any atom is 0.178 e. The normalized spacial score (nSPS) is 12.8. The van der Waals surface area contributed by atoms with Gasteiger partial charge in [0.2, 0.25) is 0 Å². The Morgan fingerprint density at radius 2 is 0.636 bits per heavy atom. The van der Waals surface area contributed by atoms with Crippen molar-refractivity contribution in [2.45, 2.75) is 246 Å². The lowest BCUT2D eigenvalue weighted by atomic mass is 9.91. The molecule has 1 aromatic heterocycles. The first-order valence-electron chi connectivity index (χ1n) is 24.0. The Hall–Kier alpha value is -0.400. The molecule has 0 bridgehead atoms. The van der Waals surface area contributed by atoms with Crippen LogP contribution >= 0.6 is 43.6 Å². The molecular weight excluding hydrogens is 828 g/mol. The largest absolute Gasteiger partial charge is 0.488 e. The van der Waals surface area contributed by atoms with Crippen molar-refractivity contribution in [2.75, 3.05) is 13.2 Å². The molecule has 4 nitrogen and oxygen atoms in total. The van der Waals surface area contributed by atoms with Gasteiger partial charge in [-0.3, -0.25) is 0 Å². The maximum absolute atomic E-state index is 6.73. The molecule has 7 heteroatoms. The molecule has 1 aromatic carbocycles. The summed E-state index contributed by atoms with van der Waals surface area (Å²) < 4.78 is 24.5. The zero-order chi connectivity index (χ0) is 39.6. The highest BCUT2D eigenvalue weighted by molar-refractivity contribution is 9.11. The molecule has 2 unspecified atom stereocenters. The van der Waals surface area contributed by atoms with Gasteiger partial charge >= 0.3 is 0 Å². The van der Waals surface area contributed by atoms with Crippen LogP contribution in [0.15, 0.2) is 8.95 Å².